The van der Waals surface area contributed by atoms with Crippen LogP contribution in [0, 0.1) is 0 Å². The first-order chi connectivity index (χ1) is 13.0. The molecule has 0 saturated heterocycles. The van der Waals surface area contributed by atoms with Crippen molar-refractivity contribution >= 4 is 29.9 Å². The molecule has 8 heteroatoms. The van der Waals surface area contributed by atoms with Crippen LogP contribution in [0.15, 0.2) is 52.1 Å². The molecule has 0 bridgehead atoms. The molecule has 0 amide bonds. The first-order valence-electron chi connectivity index (χ1n) is 9.04. The van der Waals surface area contributed by atoms with Gasteiger partial charge in [0.25, 0.3) is 0 Å². The molecule has 0 saturated carbocycles. The zero-order chi connectivity index (χ0) is 19.5. The summed E-state index contributed by atoms with van der Waals surface area (Å²) in [5.74, 6) is 1.94. The largest absolute Gasteiger partial charge is 0.491 e. The molecule has 0 aliphatic rings. The highest BCUT2D eigenvalue weighted by atomic mass is 127. The molecule has 0 aliphatic carbocycles. The number of halogens is 1. The van der Waals surface area contributed by atoms with Gasteiger partial charge in [0.1, 0.15) is 23.7 Å². The number of furan rings is 1. The van der Waals surface area contributed by atoms with Gasteiger partial charge in [-0.3, -0.25) is 0 Å². The number of hydrogen-bond acceptors (Lipinski definition) is 5. The number of benzene rings is 1. The van der Waals surface area contributed by atoms with E-state index in [-0.39, 0.29) is 30.5 Å². The van der Waals surface area contributed by atoms with E-state index in [1.54, 1.807) is 32.4 Å². The van der Waals surface area contributed by atoms with Crippen molar-refractivity contribution in [2.24, 2.45) is 4.99 Å². The molecule has 0 spiro atoms. The summed E-state index contributed by atoms with van der Waals surface area (Å²) in [5.41, 5.74) is -0.0648. The summed E-state index contributed by atoms with van der Waals surface area (Å²) in [4.78, 5) is 4.57. The van der Waals surface area contributed by atoms with Crippen molar-refractivity contribution in [2.45, 2.75) is 26.0 Å². The van der Waals surface area contributed by atoms with E-state index in [1.807, 2.05) is 31.2 Å². The molecule has 156 valence electrons. The Kier molecular flexibility index (Phi) is 10.9. The van der Waals surface area contributed by atoms with Gasteiger partial charge in [-0.25, -0.2) is 4.99 Å². The van der Waals surface area contributed by atoms with Crippen molar-refractivity contribution in [1.29, 1.82) is 0 Å². The first-order valence-corrected chi connectivity index (χ1v) is 9.04. The molecule has 2 aromatic rings. The molecule has 1 atom stereocenters. The molecular weight excluding hydrogens is 473 g/mol. The van der Waals surface area contributed by atoms with Crippen LogP contribution in [0.3, 0.4) is 0 Å². The smallest absolute Gasteiger partial charge is 0.191 e. The average molecular weight is 503 g/mol. The van der Waals surface area contributed by atoms with Crippen molar-refractivity contribution in [1.82, 2.24) is 10.6 Å². The SMILES string of the molecule is CCNC(=NCc1ccc(OCCOC)cc1)NCC(C)(O)c1ccco1.I. The third-order valence-electron chi connectivity index (χ3n) is 3.90. The van der Waals surface area contributed by atoms with E-state index in [0.717, 1.165) is 17.9 Å². The standard InChI is InChI=1S/C20H29N3O4.HI/c1-4-21-19(23-15-20(2,24)18-6-5-11-27-18)22-14-16-7-9-17(10-8-16)26-13-12-25-3;/h5-11,24H,4,12-15H2,1-3H3,(H2,21,22,23);1H. The number of aliphatic hydroxyl groups is 1. The molecule has 0 fully saturated rings. The monoisotopic (exact) mass is 503 g/mol. The van der Waals surface area contributed by atoms with Crippen molar-refractivity contribution in [3.05, 3.63) is 54.0 Å². The fraction of sp³-hybridized carbons (Fsp3) is 0.450. The van der Waals surface area contributed by atoms with E-state index in [0.29, 0.717) is 31.5 Å². The Morgan fingerprint density at radius 2 is 1.93 bits per heavy atom. The summed E-state index contributed by atoms with van der Waals surface area (Å²) in [5, 5.41) is 16.9. The highest BCUT2D eigenvalue weighted by molar-refractivity contribution is 14.0. The number of guanidine groups is 1. The minimum atomic E-state index is -1.12. The summed E-state index contributed by atoms with van der Waals surface area (Å²) in [6.07, 6.45) is 1.55. The fourth-order valence-corrected chi connectivity index (χ4v) is 2.37. The summed E-state index contributed by atoms with van der Waals surface area (Å²) < 4.78 is 15.8. The molecular formula is C20H30IN3O4. The summed E-state index contributed by atoms with van der Waals surface area (Å²) >= 11 is 0. The molecule has 1 heterocycles. The fourth-order valence-electron chi connectivity index (χ4n) is 2.37. The summed E-state index contributed by atoms with van der Waals surface area (Å²) in [6.45, 7) is 6.29. The van der Waals surface area contributed by atoms with Crippen molar-refractivity contribution in [2.75, 3.05) is 33.4 Å². The number of nitrogens with zero attached hydrogens (tertiary/aromatic N) is 1. The normalized spacial score (nSPS) is 13.4. The molecule has 1 unspecified atom stereocenters. The highest BCUT2D eigenvalue weighted by Crippen LogP contribution is 2.19. The van der Waals surface area contributed by atoms with Gasteiger partial charge in [-0.15, -0.1) is 24.0 Å². The lowest BCUT2D eigenvalue weighted by atomic mass is 10.0. The minimum Gasteiger partial charge on any atom is -0.491 e. The lowest BCUT2D eigenvalue weighted by Gasteiger charge is -2.22. The average Bonchev–Trinajstić information content (AvgIpc) is 3.21. The predicted octanol–water partition coefficient (Wildman–Crippen LogP) is 2.89. The molecule has 3 N–H and O–H groups in total. The van der Waals surface area contributed by atoms with Crippen molar-refractivity contribution in [3.8, 4) is 5.75 Å². The van der Waals surface area contributed by atoms with Gasteiger partial charge < -0.3 is 29.6 Å². The molecule has 28 heavy (non-hydrogen) atoms. The van der Waals surface area contributed by atoms with Crippen LogP contribution in [0.1, 0.15) is 25.2 Å². The Bertz CT molecular complexity index is 688. The molecule has 0 radical (unpaired) electrons. The number of hydrogen-bond donors (Lipinski definition) is 3. The Hall–Kier alpha value is -1.78. The second-order valence-corrected chi connectivity index (χ2v) is 6.29. The lowest BCUT2D eigenvalue weighted by molar-refractivity contribution is 0.0386. The summed E-state index contributed by atoms with van der Waals surface area (Å²) in [6, 6.07) is 11.3. The van der Waals surface area contributed by atoms with Crippen LogP contribution in [0.4, 0.5) is 0 Å². The van der Waals surface area contributed by atoms with Gasteiger partial charge in [-0.05, 0) is 43.7 Å². The Morgan fingerprint density at radius 3 is 2.54 bits per heavy atom. The maximum absolute atomic E-state index is 10.5. The van der Waals surface area contributed by atoms with Crippen LogP contribution < -0.4 is 15.4 Å². The van der Waals surface area contributed by atoms with E-state index >= 15 is 0 Å². The Morgan fingerprint density at radius 1 is 1.18 bits per heavy atom. The number of ether oxygens (including phenoxy) is 2. The van der Waals surface area contributed by atoms with Crippen LogP contribution in [-0.4, -0.2) is 44.5 Å². The zero-order valence-electron chi connectivity index (χ0n) is 16.6. The molecule has 1 aromatic carbocycles. The summed E-state index contributed by atoms with van der Waals surface area (Å²) in [7, 11) is 1.65. The van der Waals surface area contributed by atoms with E-state index in [1.165, 1.54) is 0 Å². The number of nitrogens with one attached hydrogen (secondary N) is 2. The molecule has 1 aromatic heterocycles. The topological polar surface area (TPSA) is 88.3 Å². The maximum atomic E-state index is 10.5. The van der Waals surface area contributed by atoms with Gasteiger partial charge in [0.15, 0.2) is 5.96 Å². The zero-order valence-corrected chi connectivity index (χ0v) is 18.9. The van der Waals surface area contributed by atoms with Gasteiger partial charge in [-0.2, -0.15) is 0 Å². The Labute approximate surface area is 183 Å². The van der Waals surface area contributed by atoms with Crippen molar-refractivity contribution < 1.29 is 19.0 Å². The van der Waals surface area contributed by atoms with Gasteiger partial charge in [-0.1, -0.05) is 12.1 Å². The van der Waals surface area contributed by atoms with Gasteiger partial charge in [0, 0.05) is 13.7 Å². The highest BCUT2D eigenvalue weighted by Gasteiger charge is 2.26. The second-order valence-electron chi connectivity index (χ2n) is 6.29. The third-order valence-corrected chi connectivity index (χ3v) is 3.90. The third kappa shape index (κ3) is 8.07. The van der Waals surface area contributed by atoms with E-state index in [2.05, 4.69) is 15.6 Å². The number of methoxy groups -OCH3 is 1. The van der Waals surface area contributed by atoms with Gasteiger partial charge in [0.05, 0.1) is 26.0 Å². The predicted molar refractivity (Wildman–Crippen MR) is 120 cm³/mol. The van der Waals surface area contributed by atoms with Gasteiger partial charge >= 0.3 is 0 Å². The van der Waals surface area contributed by atoms with Crippen LogP contribution >= 0.6 is 24.0 Å². The number of rotatable bonds is 10. The van der Waals surface area contributed by atoms with E-state index < -0.39 is 5.60 Å². The molecule has 7 nitrogen and oxygen atoms in total. The quantitative estimate of drug-likeness (QED) is 0.200. The van der Waals surface area contributed by atoms with E-state index in [4.69, 9.17) is 13.9 Å². The lowest BCUT2D eigenvalue weighted by Crippen LogP contribution is -2.44. The van der Waals surface area contributed by atoms with E-state index in [9.17, 15) is 5.11 Å². The minimum absolute atomic E-state index is 0. The maximum Gasteiger partial charge on any atom is 0.191 e. The molecule has 2 rings (SSSR count). The van der Waals surface area contributed by atoms with Crippen LogP contribution in [0.25, 0.3) is 0 Å². The first kappa shape index (κ1) is 24.3. The van der Waals surface area contributed by atoms with Crippen LogP contribution in [0.5, 0.6) is 5.75 Å². The van der Waals surface area contributed by atoms with Crippen LogP contribution in [-0.2, 0) is 16.9 Å². The number of aliphatic imine (C=N–C) groups is 1. The van der Waals surface area contributed by atoms with Gasteiger partial charge in [0.2, 0.25) is 0 Å². The molecule has 0 aliphatic heterocycles. The van der Waals surface area contributed by atoms with Crippen LogP contribution in [0.2, 0.25) is 0 Å². The van der Waals surface area contributed by atoms with Crippen molar-refractivity contribution in [3.63, 3.8) is 0 Å². The second kappa shape index (κ2) is 12.6. The Balaban J connectivity index is 0.00000392.